The van der Waals surface area contributed by atoms with Gasteiger partial charge in [-0.05, 0) is 6.42 Å². The van der Waals surface area contributed by atoms with Crippen LogP contribution in [0.2, 0.25) is 0 Å². The summed E-state index contributed by atoms with van der Waals surface area (Å²) in [5.74, 6) is -8.74. The minimum atomic E-state index is -2.51. The van der Waals surface area contributed by atoms with Crippen molar-refractivity contribution in [2.75, 3.05) is 39.6 Å². The fraction of sp³-hybridized carbons (Fsp3) is 0.891. The Morgan fingerprint density at radius 2 is 0.859 bits per heavy atom. The summed E-state index contributed by atoms with van der Waals surface area (Å²) in [4.78, 5) is 40.5. The Labute approximate surface area is 411 Å². The Balaban J connectivity index is 1.40. The van der Waals surface area contributed by atoms with E-state index in [0.29, 0.717) is 18.9 Å². The molecule has 0 aliphatic carbocycles. The Hall–Kier alpha value is -2.45. The maximum atomic E-state index is 13.6. The average molecular weight is 1030 g/mol. The van der Waals surface area contributed by atoms with Gasteiger partial charge in [-0.25, -0.2) is 9.59 Å². The lowest BCUT2D eigenvalue weighted by atomic mass is 9.98. The Morgan fingerprint density at radius 1 is 0.479 bits per heavy atom. The standard InChI is InChI=1S/C46H78O25/c1-2-3-4-5-6-7-8-9-10-11-12-13-14-15-16-17-26(51)25(42(63)65-22-30-33(54)37(58)39(60)44(67-30)71-46(24-50)41(62)35(56)28(20-48)69-46)18-31(52)64-21-29-32(53)36(57)38(59)43(66-29)70-45(23-49)40(61)34(55)27(19-47)68-45/h18,27-30,32-41,43-44,47-50,53-62H,2-17,19-24H2,1H3/b25-18+/t27-,28-,29-,30-,32-,33-,34-,35-,36+,37+,38-,39-,40+,41+,43-,44-,45+,46+/m1/s1. The van der Waals surface area contributed by atoms with Crippen LogP contribution >= 0.6 is 0 Å². The second kappa shape index (κ2) is 29.6. The molecule has 0 amide bonds. The number of ketones is 1. The first-order chi connectivity index (χ1) is 33.8. The Morgan fingerprint density at radius 3 is 1.23 bits per heavy atom. The van der Waals surface area contributed by atoms with Crippen LogP contribution in [0.1, 0.15) is 110 Å². The third kappa shape index (κ3) is 16.0. The molecule has 4 heterocycles. The molecule has 4 rings (SSSR count). The maximum absolute atomic E-state index is 13.6. The predicted octanol–water partition coefficient (Wildman–Crippen LogP) is -3.92. The minimum absolute atomic E-state index is 0.248. The van der Waals surface area contributed by atoms with Crippen LogP contribution in [0, 0.1) is 0 Å². The van der Waals surface area contributed by atoms with E-state index in [9.17, 15) is 85.9 Å². The zero-order valence-corrected chi connectivity index (χ0v) is 40.1. The van der Waals surface area contributed by atoms with Crippen LogP contribution in [0.3, 0.4) is 0 Å². The monoisotopic (exact) mass is 1030 g/mol. The molecule has 0 radical (unpaired) electrons. The van der Waals surface area contributed by atoms with E-state index < -0.39 is 173 Å². The van der Waals surface area contributed by atoms with Crippen LogP contribution in [0.15, 0.2) is 11.6 Å². The van der Waals surface area contributed by atoms with Crippen molar-refractivity contribution in [3.8, 4) is 0 Å². The minimum Gasteiger partial charge on any atom is -0.460 e. The number of carbonyl (C=O) groups is 3. The van der Waals surface area contributed by atoms with Crippen molar-refractivity contribution in [3.05, 3.63) is 11.6 Å². The van der Waals surface area contributed by atoms with Crippen molar-refractivity contribution in [1.29, 1.82) is 0 Å². The van der Waals surface area contributed by atoms with Gasteiger partial charge in [0.2, 0.25) is 11.6 Å². The number of aliphatic hydroxyl groups is 14. The molecular weight excluding hydrogens is 952 g/mol. The van der Waals surface area contributed by atoms with E-state index >= 15 is 0 Å². The molecule has 0 aromatic heterocycles. The van der Waals surface area contributed by atoms with Crippen molar-refractivity contribution in [2.24, 2.45) is 0 Å². The molecule has 0 spiro atoms. The molecule has 0 bridgehead atoms. The Kier molecular flexibility index (Phi) is 25.5. The molecule has 4 saturated heterocycles. The molecule has 412 valence electrons. The van der Waals surface area contributed by atoms with E-state index in [1.807, 2.05) is 0 Å². The van der Waals surface area contributed by atoms with Crippen molar-refractivity contribution in [3.63, 3.8) is 0 Å². The quantitative estimate of drug-likeness (QED) is 0.0104. The molecule has 0 saturated carbocycles. The number of ether oxygens (including phenoxy) is 8. The topological polar surface area (TPSA) is 408 Å². The number of esters is 2. The van der Waals surface area contributed by atoms with Crippen LogP contribution in [-0.2, 0) is 52.3 Å². The second-order valence-corrected chi connectivity index (χ2v) is 18.7. The summed E-state index contributed by atoms with van der Waals surface area (Å²) in [6, 6.07) is 0. The SMILES string of the molecule is CCCCCCCCCCCCCCCCCC(=O)/C(=C\C(=O)OC[C@H]1O[C@H](O[C@]2(CO)O[C@H](CO)[C@@H](O)[C@@H]2O)[C@H](O)[C@@H](O)[C@@H]1O)C(=O)OC[C@H]1O[C@H](O[C@]2(CO)O[C@H](CO)[C@@H](O)[C@@H]2O)[C@H](O)[C@@H](O)[C@@H]1O. The summed E-state index contributed by atoms with van der Waals surface area (Å²) >= 11 is 0. The highest BCUT2D eigenvalue weighted by molar-refractivity contribution is 6.20. The van der Waals surface area contributed by atoms with Crippen LogP contribution in [0.5, 0.6) is 0 Å². The molecule has 0 aromatic carbocycles. The lowest BCUT2D eigenvalue weighted by Crippen LogP contribution is -2.63. The van der Waals surface area contributed by atoms with E-state index in [1.165, 1.54) is 51.4 Å². The first-order valence-corrected chi connectivity index (χ1v) is 24.7. The molecular formula is C46H78O25. The fourth-order valence-corrected chi connectivity index (χ4v) is 8.84. The number of carbonyl (C=O) groups excluding carboxylic acids is 3. The lowest BCUT2D eigenvalue weighted by Gasteiger charge is -2.43. The summed E-state index contributed by atoms with van der Waals surface area (Å²) in [5.41, 5.74) is -0.860. The van der Waals surface area contributed by atoms with E-state index in [0.717, 1.165) is 32.1 Å². The van der Waals surface area contributed by atoms with Crippen molar-refractivity contribution >= 4 is 17.7 Å². The number of unbranched alkanes of at least 4 members (excludes halogenated alkanes) is 14. The van der Waals surface area contributed by atoms with Crippen molar-refractivity contribution in [1.82, 2.24) is 0 Å². The second-order valence-electron chi connectivity index (χ2n) is 18.7. The van der Waals surface area contributed by atoms with Crippen LogP contribution in [0.4, 0.5) is 0 Å². The molecule has 14 N–H and O–H groups in total. The molecule has 4 fully saturated rings. The van der Waals surface area contributed by atoms with Gasteiger partial charge in [0, 0.05) is 12.5 Å². The van der Waals surface area contributed by atoms with Gasteiger partial charge in [0.15, 0.2) is 18.4 Å². The van der Waals surface area contributed by atoms with E-state index in [-0.39, 0.29) is 6.42 Å². The van der Waals surface area contributed by atoms with E-state index in [4.69, 9.17) is 37.9 Å². The van der Waals surface area contributed by atoms with Gasteiger partial charge in [-0.2, -0.15) is 0 Å². The molecule has 4 aliphatic heterocycles. The number of hydrogen-bond donors (Lipinski definition) is 14. The number of hydrogen-bond acceptors (Lipinski definition) is 25. The van der Waals surface area contributed by atoms with Gasteiger partial charge in [0.25, 0.3) is 0 Å². The molecule has 25 heteroatoms. The molecule has 71 heavy (non-hydrogen) atoms. The summed E-state index contributed by atoms with van der Waals surface area (Å²) in [7, 11) is 0. The summed E-state index contributed by atoms with van der Waals surface area (Å²) in [6.45, 7) is -3.71. The third-order valence-electron chi connectivity index (χ3n) is 13.3. The molecule has 0 aromatic rings. The number of Topliss-reactive ketones (excluding diaryl/α,β-unsaturated/α-hetero) is 1. The van der Waals surface area contributed by atoms with Gasteiger partial charge in [0.1, 0.15) is 117 Å². The number of aliphatic hydroxyl groups excluding tert-OH is 14. The van der Waals surface area contributed by atoms with E-state index in [1.54, 1.807) is 0 Å². The van der Waals surface area contributed by atoms with Gasteiger partial charge in [-0.3, -0.25) is 4.79 Å². The van der Waals surface area contributed by atoms with Gasteiger partial charge in [0.05, 0.1) is 13.2 Å². The van der Waals surface area contributed by atoms with Crippen LogP contribution in [0.25, 0.3) is 0 Å². The zero-order chi connectivity index (χ0) is 52.5. The normalized spacial score (nSPS) is 37.6. The van der Waals surface area contributed by atoms with Crippen molar-refractivity contribution in [2.45, 2.75) is 219 Å². The first-order valence-electron chi connectivity index (χ1n) is 24.7. The van der Waals surface area contributed by atoms with Gasteiger partial charge < -0.3 is 109 Å². The van der Waals surface area contributed by atoms with Crippen molar-refractivity contribution < 1.29 is 124 Å². The number of rotatable bonds is 31. The van der Waals surface area contributed by atoms with Crippen LogP contribution < -0.4 is 0 Å². The summed E-state index contributed by atoms with van der Waals surface area (Å²) in [6.07, 6.45) is -14.4. The fourth-order valence-electron chi connectivity index (χ4n) is 8.84. The molecule has 0 unspecified atom stereocenters. The maximum Gasteiger partial charge on any atom is 0.342 e. The molecule has 4 aliphatic rings. The van der Waals surface area contributed by atoms with E-state index in [2.05, 4.69) is 6.92 Å². The van der Waals surface area contributed by atoms with Gasteiger partial charge >= 0.3 is 11.9 Å². The zero-order valence-electron chi connectivity index (χ0n) is 40.1. The predicted molar refractivity (Wildman–Crippen MR) is 238 cm³/mol. The third-order valence-corrected chi connectivity index (χ3v) is 13.3. The first kappa shape index (κ1) is 61.1. The molecule has 25 nitrogen and oxygen atoms in total. The smallest absolute Gasteiger partial charge is 0.342 e. The highest BCUT2D eigenvalue weighted by atomic mass is 16.8. The van der Waals surface area contributed by atoms with Gasteiger partial charge in [-0.15, -0.1) is 0 Å². The lowest BCUT2D eigenvalue weighted by molar-refractivity contribution is -0.383. The average Bonchev–Trinajstić information content (AvgIpc) is 3.76. The van der Waals surface area contributed by atoms with Crippen LogP contribution in [-0.4, -0.2) is 238 Å². The molecule has 18 atom stereocenters. The summed E-state index contributed by atoms with van der Waals surface area (Å²) in [5, 5.41) is 145. The Bertz CT molecular complexity index is 1640. The highest BCUT2D eigenvalue weighted by Crippen LogP contribution is 2.38. The largest absolute Gasteiger partial charge is 0.460 e. The van der Waals surface area contributed by atoms with Gasteiger partial charge in [-0.1, -0.05) is 96.8 Å². The summed E-state index contributed by atoms with van der Waals surface area (Å²) < 4.78 is 43.0. The highest BCUT2D eigenvalue weighted by Gasteiger charge is 2.60.